The Morgan fingerprint density at radius 3 is 2.74 bits per heavy atom. The summed E-state index contributed by atoms with van der Waals surface area (Å²) in [5.41, 5.74) is 0. The van der Waals surface area contributed by atoms with Crippen molar-refractivity contribution < 1.29 is 23.9 Å². The SMILES string of the molecule is C=CCCCCC[C@H](NC(=O)OC1CCCC1)C(=O)N1C[C@@H]2C[C@H]1C(=O)O2. The predicted octanol–water partition coefficient (Wildman–Crippen LogP) is 2.69. The monoisotopic (exact) mass is 378 g/mol. The second-order valence-electron chi connectivity index (χ2n) is 7.74. The van der Waals surface area contributed by atoms with Gasteiger partial charge >= 0.3 is 12.1 Å². The van der Waals surface area contributed by atoms with E-state index < -0.39 is 18.2 Å². The molecule has 3 rings (SSSR count). The molecule has 2 amide bonds. The largest absolute Gasteiger partial charge is 0.459 e. The van der Waals surface area contributed by atoms with Crippen LogP contribution in [0.15, 0.2) is 12.7 Å². The molecule has 1 aliphatic carbocycles. The molecule has 2 heterocycles. The molecule has 7 heteroatoms. The third-order valence-electron chi connectivity index (χ3n) is 5.67. The van der Waals surface area contributed by atoms with E-state index in [1.54, 1.807) is 4.90 Å². The van der Waals surface area contributed by atoms with Crippen molar-refractivity contribution in [1.29, 1.82) is 0 Å². The highest BCUT2D eigenvalue weighted by Gasteiger charge is 2.49. The van der Waals surface area contributed by atoms with Crippen LogP contribution in [0.5, 0.6) is 0 Å². The number of nitrogens with one attached hydrogen (secondary N) is 1. The maximum Gasteiger partial charge on any atom is 0.408 e. The molecule has 3 atom stereocenters. The van der Waals surface area contributed by atoms with Gasteiger partial charge in [-0.05, 0) is 44.9 Å². The number of likely N-dealkylation sites (tertiary alicyclic amines) is 1. The average molecular weight is 378 g/mol. The summed E-state index contributed by atoms with van der Waals surface area (Å²) in [4.78, 5) is 38.7. The van der Waals surface area contributed by atoms with E-state index in [9.17, 15) is 14.4 Å². The summed E-state index contributed by atoms with van der Waals surface area (Å²) < 4.78 is 10.6. The summed E-state index contributed by atoms with van der Waals surface area (Å²) in [6.45, 7) is 4.13. The van der Waals surface area contributed by atoms with E-state index >= 15 is 0 Å². The molecule has 0 aromatic rings. The van der Waals surface area contributed by atoms with Crippen LogP contribution >= 0.6 is 0 Å². The minimum absolute atomic E-state index is 0.0499. The van der Waals surface area contributed by atoms with Gasteiger partial charge in [0.2, 0.25) is 5.91 Å². The molecule has 0 radical (unpaired) electrons. The van der Waals surface area contributed by atoms with Crippen LogP contribution in [0.3, 0.4) is 0 Å². The molecule has 0 aromatic heterocycles. The van der Waals surface area contributed by atoms with Crippen LogP contribution in [0.4, 0.5) is 4.79 Å². The number of rotatable bonds is 9. The zero-order valence-electron chi connectivity index (χ0n) is 15.9. The highest BCUT2D eigenvalue weighted by Crippen LogP contribution is 2.30. The lowest BCUT2D eigenvalue weighted by atomic mass is 10.1. The molecular formula is C20H30N2O5. The van der Waals surface area contributed by atoms with Gasteiger partial charge in [0.15, 0.2) is 0 Å². The first-order valence-electron chi connectivity index (χ1n) is 10.2. The van der Waals surface area contributed by atoms with E-state index in [0.29, 0.717) is 19.4 Å². The minimum atomic E-state index is -0.658. The van der Waals surface area contributed by atoms with Gasteiger partial charge in [0.1, 0.15) is 24.3 Å². The van der Waals surface area contributed by atoms with Crippen molar-refractivity contribution in [3.63, 3.8) is 0 Å². The lowest BCUT2D eigenvalue weighted by molar-refractivity contribution is -0.157. The number of ether oxygens (including phenoxy) is 2. The highest BCUT2D eigenvalue weighted by molar-refractivity contribution is 5.91. The van der Waals surface area contributed by atoms with Crippen molar-refractivity contribution in [2.24, 2.45) is 0 Å². The van der Waals surface area contributed by atoms with Gasteiger partial charge in [0.25, 0.3) is 0 Å². The van der Waals surface area contributed by atoms with E-state index in [0.717, 1.165) is 51.4 Å². The third kappa shape index (κ3) is 5.02. The number of amides is 2. The number of hydrogen-bond acceptors (Lipinski definition) is 5. The standard InChI is InChI=1S/C20H30N2O5/c1-2-3-4-5-6-11-16(21-20(25)27-14-9-7-8-10-14)18(23)22-13-15-12-17(22)19(24)26-15/h2,14-17H,1,3-13H2,(H,21,25)/t15-,16-,17-/m0/s1. The maximum atomic E-state index is 13.0. The summed E-state index contributed by atoms with van der Waals surface area (Å²) in [6.07, 6.45) is 9.84. The zero-order chi connectivity index (χ0) is 19.2. The number of unbranched alkanes of at least 4 members (excludes halogenated alkanes) is 3. The number of fused-ring (bicyclic) bond motifs is 2. The molecule has 1 saturated carbocycles. The molecular weight excluding hydrogens is 348 g/mol. The number of morpholine rings is 1. The summed E-state index contributed by atoms with van der Waals surface area (Å²) >= 11 is 0. The van der Waals surface area contributed by atoms with Crippen molar-refractivity contribution in [2.75, 3.05) is 6.54 Å². The molecule has 0 spiro atoms. The Hall–Kier alpha value is -2.05. The Morgan fingerprint density at radius 2 is 2.07 bits per heavy atom. The Bertz CT molecular complexity index is 573. The average Bonchev–Trinajstić information content (AvgIpc) is 3.37. The Morgan fingerprint density at radius 1 is 1.30 bits per heavy atom. The van der Waals surface area contributed by atoms with E-state index in [4.69, 9.17) is 9.47 Å². The van der Waals surface area contributed by atoms with Gasteiger partial charge in [-0.1, -0.05) is 18.9 Å². The van der Waals surface area contributed by atoms with Gasteiger partial charge in [-0.15, -0.1) is 6.58 Å². The number of alkyl carbamates (subject to hydrolysis) is 1. The van der Waals surface area contributed by atoms with E-state index in [-0.39, 0.29) is 24.1 Å². The minimum Gasteiger partial charge on any atom is -0.459 e. The van der Waals surface area contributed by atoms with Crippen LogP contribution in [-0.4, -0.2) is 53.7 Å². The van der Waals surface area contributed by atoms with Crippen LogP contribution < -0.4 is 5.32 Å². The van der Waals surface area contributed by atoms with Crippen LogP contribution in [0.2, 0.25) is 0 Å². The summed E-state index contributed by atoms with van der Waals surface area (Å²) in [7, 11) is 0. The van der Waals surface area contributed by atoms with Crippen LogP contribution in [0.1, 0.15) is 64.2 Å². The first-order chi connectivity index (χ1) is 13.1. The van der Waals surface area contributed by atoms with Gasteiger partial charge in [-0.25, -0.2) is 9.59 Å². The fourth-order valence-electron chi connectivity index (χ4n) is 4.20. The van der Waals surface area contributed by atoms with E-state index in [1.807, 2.05) is 6.08 Å². The van der Waals surface area contributed by atoms with E-state index in [2.05, 4.69) is 11.9 Å². The first-order valence-corrected chi connectivity index (χ1v) is 10.2. The molecule has 1 N–H and O–H groups in total. The molecule has 3 fully saturated rings. The normalized spacial score (nSPS) is 25.3. The van der Waals surface area contributed by atoms with Gasteiger partial charge in [-0.3, -0.25) is 4.79 Å². The third-order valence-corrected chi connectivity index (χ3v) is 5.67. The zero-order valence-corrected chi connectivity index (χ0v) is 15.9. The van der Waals surface area contributed by atoms with E-state index in [1.165, 1.54) is 0 Å². The van der Waals surface area contributed by atoms with Crippen molar-refractivity contribution in [3.05, 3.63) is 12.7 Å². The second kappa shape index (κ2) is 9.24. The highest BCUT2D eigenvalue weighted by atomic mass is 16.6. The van der Waals surface area contributed by atoms with Gasteiger partial charge < -0.3 is 19.7 Å². The number of nitrogens with zero attached hydrogens (tertiary/aromatic N) is 1. The maximum absolute atomic E-state index is 13.0. The molecule has 2 aliphatic heterocycles. The number of carbonyl (C=O) groups is 3. The predicted molar refractivity (Wildman–Crippen MR) is 98.9 cm³/mol. The summed E-state index contributed by atoms with van der Waals surface area (Å²) in [6, 6.07) is -1.16. The quantitative estimate of drug-likeness (QED) is 0.379. The van der Waals surface area contributed by atoms with Crippen molar-refractivity contribution in [3.8, 4) is 0 Å². The fourth-order valence-corrected chi connectivity index (χ4v) is 4.20. The lowest BCUT2D eigenvalue weighted by Crippen LogP contribution is -2.53. The lowest BCUT2D eigenvalue weighted by Gasteiger charge is -2.30. The number of hydrogen-bond donors (Lipinski definition) is 1. The smallest absolute Gasteiger partial charge is 0.408 e. The second-order valence-corrected chi connectivity index (χ2v) is 7.74. The molecule has 0 aromatic carbocycles. The molecule has 27 heavy (non-hydrogen) atoms. The fraction of sp³-hybridized carbons (Fsp3) is 0.750. The molecule has 3 aliphatic rings. The Balaban J connectivity index is 1.56. The van der Waals surface area contributed by atoms with Crippen LogP contribution in [0, 0.1) is 0 Å². The molecule has 7 nitrogen and oxygen atoms in total. The number of allylic oxidation sites excluding steroid dienone is 1. The summed E-state index contributed by atoms with van der Waals surface area (Å²) in [5, 5.41) is 2.76. The van der Waals surface area contributed by atoms with Crippen molar-refractivity contribution in [1.82, 2.24) is 10.2 Å². The van der Waals surface area contributed by atoms with Crippen molar-refractivity contribution >= 4 is 18.0 Å². The number of carbonyl (C=O) groups excluding carboxylic acids is 3. The van der Waals surface area contributed by atoms with Gasteiger partial charge in [0, 0.05) is 6.42 Å². The van der Waals surface area contributed by atoms with Crippen LogP contribution in [0.25, 0.3) is 0 Å². The van der Waals surface area contributed by atoms with Crippen molar-refractivity contribution in [2.45, 2.75) is 88.5 Å². The molecule has 150 valence electrons. The molecule has 2 bridgehead atoms. The molecule has 0 unspecified atom stereocenters. The van der Waals surface area contributed by atoms with Gasteiger partial charge in [-0.2, -0.15) is 0 Å². The summed E-state index contributed by atoms with van der Waals surface area (Å²) in [5.74, 6) is -0.538. The van der Waals surface area contributed by atoms with Crippen LogP contribution in [-0.2, 0) is 19.1 Å². The topological polar surface area (TPSA) is 84.9 Å². The Kier molecular flexibility index (Phi) is 6.74. The molecule has 2 saturated heterocycles. The number of esters is 1. The van der Waals surface area contributed by atoms with Gasteiger partial charge in [0.05, 0.1) is 6.54 Å². The Labute approximate surface area is 160 Å². The first kappa shape index (κ1) is 19.7.